The maximum absolute atomic E-state index is 13.5. The Labute approximate surface area is 241 Å². The predicted molar refractivity (Wildman–Crippen MR) is 160 cm³/mol. The summed E-state index contributed by atoms with van der Waals surface area (Å²) < 4.78 is 15.6. The Morgan fingerprint density at radius 3 is 2.48 bits per heavy atom. The van der Waals surface area contributed by atoms with Crippen molar-refractivity contribution in [3.63, 3.8) is 0 Å². The highest BCUT2D eigenvalue weighted by molar-refractivity contribution is 6.18. The molecule has 10 heteroatoms. The van der Waals surface area contributed by atoms with Gasteiger partial charge in [0.05, 0.1) is 29.7 Å². The molecule has 3 amide bonds. The molecule has 1 aliphatic heterocycles. The zero-order valence-corrected chi connectivity index (χ0v) is 23.4. The van der Waals surface area contributed by atoms with Gasteiger partial charge in [-0.25, -0.2) is 19.6 Å². The Morgan fingerprint density at radius 2 is 1.74 bits per heavy atom. The van der Waals surface area contributed by atoms with Gasteiger partial charge in [-0.05, 0) is 60.0 Å². The van der Waals surface area contributed by atoms with E-state index in [1.807, 2.05) is 43.3 Å². The summed E-state index contributed by atoms with van der Waals surface area (Å²) in [6.07, 6.45) is 3.49. The van der Waals surface area contributed by atoms with Crippen molar-refractivity contribution in [3.05, 3.63) is 114 Å². The predicted octanol–water partition coefficient (Wildman–Crippen LogP) is 5.23. The molecule has 6 rings (SSSR count). The Morgan fingerprint density at radius 1 is 1.00 bits per heavy atom. The number of hydrogen-bond acceptors (Lipinski definition) is 5. The van der Waals surface area contributed by atoms with Crippen LogP contribution >= 0.6 is 0 Å². The van der Waals surface area contributed by atoms with E-state index in [1.165, 1.54) is 17.0 Å². The summed E-state index contributed by atoms with van der Waals surface area (Å²) in [5.41, 5.74) is 9.63. The topological polar surface area (TPSA) is 95.7 Å². The van der Waals surface area contributed by atoms with Crippen LogP contribution in [0.15, 0.2) is 90.3 Å². The van der Waals surface area contributed by atoms with Crippen molar-refractivity contribution in [2.45, 2.75) is 13.5 Å². The van der Waals surface area contributed by atoms with Gasteiger partial charge in [-0.15, -0.1) is 0 Å². The Kier molecular flexibility index (Phi) is 6.95. The Bertz CT molecular complexity index is 1840. The first-order valence-electron chi connectivity index (χ1n) is 13.4. The normalized spacial score (nSPS) is 13.4. The number of carbonyl (C=O) groups excluding carboxylic acids is 2. The second-order valence-electron chi connectivity index (χ2n) is 10.3. The van der Waals surface area contributed by atoms with E-state index in [2.05, 4.69) is 25.1 Å². The average Bonchev–Trinajstić information content (AvgIpc) is 3.52. The van der Waals surface area contributed by atoms with Crippen molar-refractivity contribution in [2.24, 2.45) is 5.10 Å². The van der Waals surface area contributed by atoms with Crippen molar-refractivity contribution in [2.75, 3.05) is 25.5 Å². The summed E-state index contributed by atoms with van der Waals surface area (Å²) in [7, 11) is 3.36. The van der Waals surface area contributed by atoms with Crippen molar-refractivity contribution in [1.82, 2.24) is 24.9 Å². The van der Waals surface area contributed by atoms with E-state index in [0.29, 0.717) is 23.5 Å². The molecule has 0 aliphatic carbocycles. The Hall–Kier alpha value is -5.38. The van der Waals surface area contributed by atoms with Crippen molar-refractivity contribution in [3.8, 4) is 11.1 Å². The van der Waals surface area contributed by atoms with Crippen LogP contribution in [0.3, 0.4) is 0 Å². The number of benzene rings is 3. The fourth-order valence-electron chi connectivity index (χ4n) is 5.08. The number of urea groups is 1. The van der Waals surface area contributed by atoms with Crippen LogP contribution in [-0.4, -0.2) is 57.7 Å². The van der Waals surface area contributed by atoms with Crippen molar-refractivity contribution in [1.29, 1.82) is 0 Å². The zero-order valence-electron chi connectivity index (χ0n) is 23.4. The first-order valence-corrected chi connectivity index (χ1v) is 13.4. The van der Waals surface area contributed by atoms with E-state index in [4.69, 9.17) is 0 Å². The van der Waals surface area contributed by atoms with Crippen molar-refractivity contribution < 1.29 is 14.0 Å². The number of hydrazone groups is 1. The third-order valence-electron chi connectivity index (χ3n) is 7.29. The molecule has 3 aromatic carbocycles. The number of amides is 3. The molecule has 42 heavy (non-hydrogen) atoms. The van der Waals surface area contributed by atoms with Gasteiger partial charge < -0.3 is 9.47 Å². The van der Waals surface area contributed by atoms with Crippen LogP contribution < -0.4 is 10.3 Å². The quantitative estimate of drug-likeness (QED) is 0.297. The minimum atomic E-state index is -0.355. The molecular weight excluding hydrogens is 533 g/mol. The smallest absolute Gasteiger partial charge is 0.324 e. The fourth-order valence-corrected chi connectivity index (χ4v) is 5.08. The van der Waals surface area contributed by atoms with E-state index in [9.17, 15) is 14.0 Å². The van der Waals surface area contributed by atoms with Crippen LogP contribution in [0.5, 0.6) is 0 Å². The largest absolute Gasteiger partial charge is 0.330 e. The number of anilines is 1. The van der Waals surface area contributed by atoms with Crippen LogP contribution in [0.25, 0.3) is 22.2 Å². The molecule has 210 valence electrons. The van der Waals surface area contributed by atoms with E-state index < -0.39 is 0 Å². The van der Waals surface area contributed by atoms with E-state index >= 15 is 0 Å². The SMILES string of the molecule is Cc1nc2cnccc2n1Cc1ccc(C(=O)NN=C2CN(C(=O)N(C)C)c3cc(-c4ccc(F)cc4)ccc32)cc1. The summed E-state index contributed by atoms with van der Waals surface area (Å²) in [5, 5.41) is 4.41. The van der Waals surface area contributed by atoms with Gasteiger partial charge in [-0.1, -0.05) is 36.4 Å². The minimum Gasteiger partial charge on any atom is -0.330 e. The molecule has 0 bridgehead atoms. The number of nitrogens with zero attached hydrogens (tertiary/aromatic N) is 6. The van der Waals surface area contributed by atoms with E-state index in [1.54, 1.807) is 55.7 Å². The molecule has 0 saturated carbocycles. The fraction of sp³-hybridized carbons (Fsp3) is 0.156. The lowest BCUT2D eigenvalue weighted by molar-refractivity contribution is 0.0955. The molecule has 0 saturated heterocycles. The van der Waals surface area contributed by atoms with Gasteiger partial charge in [0.2, 0.25) is 0 Å². The first-order chi connectivity index (χ1) is 20.3. The molecule has 1 N–H and O–H groups in total. The standard InChI is InChI=1S/C32H28FN7O2/c1-20-35-27-17-34-15-14-29(27)39(20)18-21-4-6-23(7-5-21)31(41)37-36-28-19-40(32(42)38(2)3)30-16-24(10-13-26(28)30)22-8-11-25(33)12-9-22/h4-17H,18-19H2,1-3H3,(H,37,41). The maximum Gasteiger partial charge on any atom is 0.324 e. The second-order valence-corrected chi connectivity index (χ2v) is 10.3. The Balaban J connectivity index is 1.21. The van der Waals surface area contributed by atoms with Crippen molar-refractivity contribution >= 4 is 34.4 Å². The maximum atomic E-state index is 13.5. The summed E-state index contributed by atoms with van der Waals surface area (Å²) in [4.78, 5) is 37.8. The molecule has 3 heterocycles. The lowest BCUT2D eigenvalue weighted by Gasteiger charge is -2.21. The number of rotatable bonds is 5. The van der Waals surface area contributed by atoms with Crippen LogP contribution in [-0.2, 0) is 6.54 Å². The molecule has 5 aromatic rings. The molecule has 0 atom stereocenters. The molecule has 2 aromatic heterocycles. The molecule has 1 aliphatic rings. The molecule has 0 spiro atoms. The summed E-state index contributed by atoms with van der Waals surface area (Å²) in [6.45, 7) is 2.77. The van der Waals surface area contributed by atoms with Gasteiger partial charge in [-0.2, -0.15) is 5.10 Å². The van der Waals surface area contributed by atoms with Crippen LogP contribution in [0.2, 0.25) is 0 Å². The number of pyridine rings is 1. The number of halogens is 1. The highest BCUT2D eigenvalue weighted by Crippen LogP contribution is 2.34. The lowest BCUT2D eigenvalue weighted by atomic mass is 10.0. The number of aryl methyl sites for hydroxylation is 1. The number of imidazole rings is 1. The molecular formula is C32H28FN7O2. The number of nitrogens with one attached hydrogen (secondary N) is 1. The minimum absolute atomic E-state index is 0.201. The van der Waals surface area contributed by atoms with Gasteiger partial charge in [-0.3, -0.25) is 14.7 Å². The van der Waals surface area contributed by atoms with Gasteiger partial charge in [0.25, 0.3) is 5.91 Å². The summed E-state index contributed by atoms with van der Waals surface area (Å²) >= 11 is 0. The van der Waals surface area contributed by atoms with Crippen LogP contribution in [0.4, 0.5) is 14.9 Å². The zero-order chi connectivity index (χ0) is 29.4. The lowest BCUT2D eigenvalue weighted by Crippen LogP contribution is -2.39. The molecule has 0 radical (unpaired) electrons. The summed E-state index contributed by atoms with van der Waals surface area (Å²) in [5.74, 6) is 0.217. The first kappa shape index (κ1) is 26.8. The number of fused-ring (bicyclic) bond motifs is 2. The van der Waals surface area contributed by atoms with Gasteiger partial charge in [0, 0.05) is 38.0 Å². The number of carbonyl (C=O) groups is 2. The average molecular weight is 562 g/mol. The molecule has 0 fully saturated rings. The highest BCUT2D eigenvalue weighted by atomic mass is 19.1. The third kappa shape index (κ3) is 5.10. The van der Waals surface area contributed by atoms with Gasteiger partial charge in [0.15, 0.2) is 0 Å². The van der Waals surface area contributed by atoms with E-state index in [-0.39, 0.29) is 24.3 Å². The molecule has 0 unspecified atom stereocenters. The van der Waals surface area contributed by atoms with E-state index in [0.717, 1.165) is 39.1 Å². The second kappa shape index (κ2) is 10.9. The van der Waals surface area contributed by atoms with Gasteiger partial charge in [0.1, 0.15) is 17.2 Å². The third-order valence-corrected chi connectivity index (χ3v) is 7.29. The summed E-state index contributed by atoms with van der Waals surface area (Å²) in [6, 6.07) is 20.9. The highest BCUT2D eigenvalue weighted by Gasteiger charge is 2.31. The van der Waals surface area contributed by atoms with Gasteiger partial charge >= 0.3 is 6.03 Å². The number of aromatic nitrogens is 3. The monoisotopic (exact) mass is 561 g/mol. The van der Waals surface area contributed by atoms with Crippen LogP contribution in [0.1, 0.15) is 27.3 Å². The van der Waals surface area contributed by atoms with Crippen LogP contribution in [0, 0.1) is 12.7 Å². The molecule has 9 nitrogen and oxygen atoms in total. The number of hydrogen-bond donors (Lipinski definition) is 1.